The fourth-order valence-corrected chi connectivity index (χ4v) is 1.99. The maximum absolute atomic E-state index is 12.5. The van der Waals surface area contributed by atoms with Crippen LogP contribution in [0.3, 0.4) is 0 Å². The molecule has 0 spiro atoms. The number of aromatic nitrogens is 1. The van der Waals surface area contributed by atoms with Gasteiger partial charge >= 0.3 is 6.18 Å². The predicted octanol–water partition coefficient (Wildman–Crippen LogP) is 4.38. The minimum atomic E-state index is -4.71. The average Bonchev–Trinajstić information content (AvgIpc) is 2.14. The van der Waals surface area contributed by atoms with Crippen molar-refractivity contribution in [2.24, 2.45) is 0 Å². The first-order valence-electron chi connectivity index (χ1n) is 3.88. The Bertz CT molecular complexity index is 393. The molecule has 90 valence electrons. The molecule has 0 saturated carbocycles. The molecule has 0 aromatic carbocycles. The van der Waals surface area contributed by atoms with Gasteiger partial charge in [0.25, 0.3) is 6.43 Å². The van der Waals surface area contributed by atoms with Crippen molar-refractivity contribution in [3.8, 4) is 0 Å². The molecule has 0 unspecified atom stereocenters. The Morgan fingerprint density at radius 3 is 2.31 bits per heavy atom. The molecule has 0 amide bonds. The van der Waals surface area contributed by atoms with Crippen molar-refractivity contribution in [3.05, 3.63) is 26.6 Å². The van der Waals surface area contributed by atoms with Gasteiger partial charge in [-0.1, -0.05) is 0 Å². The van der Waals surface area contributed by atoms with Crippen LogP contribution in [0, 0.1) is 3.70 Å². The summed E-state index contributed by atoms with van der Waals surface area (Å²) in [5.74, 6) is -0.654. The van der Waals surface area contributed by atoms with Crippen molar-refractivity contribution in [1.29, 1.82) is 0 Å². The van der Waals surface area contributed by atoms with Crippen LogP contribution >= 0.6 is 34.2 Å². The zero-order valence-electron chi connectivity index (χ0n) is 7.45. The summed E-state index contributed by atoms with van der Waals surface area (Å²) in [4.78, 5) is 3.37. The van der Waals surface area contributed by atoms with Gasteiger partial charge in [0.2, 0.25) is 0 Å². The predicted molar refractivity (Wildman–Crippen MR) is 56.5 cm³/mol. The summed E-state index contributed by atoms with van der Waals surface area (Å²) in [6, 6.07) is 0.699. The number of hydrogen-bond acceptors (Lipinski definition) is 1. The minimum absolute atomic E-state index is 0.144. The van der Waals surface area contributed by atoms with E-state index in [0.29, 0.717) is 6.07 Å². The molecule has 0 N–H and O–H groups in total. The molecule has 1 aromatic heterocycles. The molecule has 16 heavy (non-hydrogen) atoms. The van der Waals surface area contributed by atoms with Gasteiger partial charge in [0.15, 0.2) is 0 Å². The molecule has 1 aromatic rings. The summed E-state index contributed by atoms with van der Waals surface area (Å²) in [5.41, 5.74) is -2.73. The van der Waals surface area contributed by atoms with E-state index in [1.54, 1.807) is 0 Å². The Labute approximate surface area is 106 Å². The quantitative estimate of drug-likeness (QED) is 0.325. The molecular weight excluding hydrogens is 367 g/mol. The number of halogens is 7. The van der Waals surface area contributed by atoms with Gasteiger partial charge < -0.3 is 0 Å². The van der Waals surface area contributed by atoms with Gasteiger partial charge in [0, 0.05) is 11.4 Å². The number of pyridine rings is 1. The standard InChI is InChI=1S/C8H4ClF5IN/c9-2-3-4(8(12,13)14)1-5(15)16-6(3)7(10)11/h1,7H,2H2. The zero-order chi connectivity index (χ0) is 12.5. The largest absolute Gasteiger partial charge is 0.416 e. The van der Waals surface area contributed by atoms with Crippen LogP contribution in [0.15, 0.2) is 6.07 Å². The summed E-state index contributed by atoms with van der Waals surface area (Å²) in [5, 5.41) is 0. The number of nitrogens with zero attached hydrogens (tertiary/aromatic N) is 1. The first kappa shape index (κ1) is 13.9. The maximum Gasteiger partial charge on any atom is 0.416 e. The second kappa shape index (κ2) is 4.99. The van der Waals surface area contributed by atoms with Crippen LogP contribution in [0.2, 0.25) is 0 Å². The average molecular weight is 371 g/mol. The van der Waals surface area contributed by atoms with E-state index >= 15 is 0 Å². The summed E-state index contributed by atoms with van der Waals surface area (Å²) >= 11 is 6.71. The molecule has 0 saturated heterocycles. The molecular formula is C8H4ClF5IN. The van der Waals surface area contributed by atoms with Gasteiger partial charge in [-0.3, -0.25) is 0 Å². The van der Waals surface area contributed by atoms with Crippen LogP contribution in [0.1, 0.15) is 23.2 Å². The molecule has 0 aliphatic heterocycles. The third-order valence-corrected chi connectivity index (χ3v) is 2.59. The lowest BCUT2D eigenvalue weighted by Crippen LogP contribution is -2.13. The van der Waals surface area contributed by atoms with E-state index in [4.69, 9.17) is 11.6 Å². The SMILES string of the molecule is FC(F)c1nc(I)cc(C(F)(F)F)c1CCl. The van der Waals surface area contributed by atoms with Crippen molar-refractivity contribution in [2.75, 3.05) is 0 Å². The molecule has 0 atom stereocenters. The Balaban J connectivity index is 3.49. The third-order valence-electron chi connectivity index (χ3n) is 1.77. The highest BCUT2D eigenvalue weighted by atomic mass is 127. The normalized spacial score (nSPS) is 12.2. The maximum atomic E-state index is 12.5. The lowest BCUT2D eigenvalue weighted by atomic mass is 10.1. The van der Waals surface area contributed by atoms with Crippen LogP contribution in [-0.2, 0) is 12.1 Å². The van der Waals surface area contributed by atoms with Crippen molar-refractivity contribution in [1.82, 2.24) is 4.98 Å². The molecule has 1 heterocycles. The van der Waals surface area contributed by atoms with Gasteiger partial charge in [-0.2, -0.15) is 13.2 Å². The van der Waals surface area contributed by atoms with E-state index in [0.717, 1.165) is 0 Å². The van der Waals surface area contributed by atoms with Crippen LogP contribution in [0.25, 0.3) is 0 Å². The second-order valence-electron chi connectivity index (χ2n) is 2.79. The van der Waals surface area contributed by atoms with E-state index in [2.05, 4.69) is 4.98 Å². The summed E-state index contributed by atoms with van der Waals surface area (Å²) < 4.78 is 62.4. The molecule has 0 bridgehead atoms. The molecule has 1 rings (SSSR count). The van der Waals surface area contributed by atoms with Crippen molar-refractivity contribution in [3.63, 3.8) is 0 Å². The molecule has 0 radical (unpaired) electrons. The van der Waals surface area contributed by atoms with Gasteiger partial charge in [-0.15, -0.1) is 11.6 Å². The van der Waals surface area contributed by atoms with Crippen LogP contribution in [-0.4, -0.2) is 4.98 Å². The minimum Gasteiger partial charge on any atom is -0.241 e. The highest BCUT2D eigenvalue weighted by Gasteiger charge is 2.36. The Hall–Kier alpha value is -0.180. The van der Waals surface area contributed by atoms with Crippen molar-refractivity contribution < 1.29 is 22.0 Å². The molecule has 0 aliphatic carbocycles. The zero-order valence-corrected chi connectivity index (χ0v) is 10.4. The summed E-state index contributed by atoms with van der Waals surface area (Å²) in [7, 11) is 0. The first-order valence-corrected chi connectivity index (χ1v) is 5.49. The monoisotopic (exact) mass is 371 g/mol. The number of alkyl halides is 6. The van der Waals surface area contributed by atoms with Gasteiger partial charge in [-0.05, 0) is 28.7 Å². The van der Waals surface area contributed by atoms with E-state index < -0.39 is 35.3 Å². The van der Waals surface area contributed by atoms with Crippen LogP contribution in [0.5, 0.6) is 0 Å². The third kappa shape index (κ3) is 2.93. The van der Waals surface area contributed by atoms with Crippen LogP contribution in [0.4, 0.5) is 22.0 Å². The lowest BCUT2D eigenvalue weighted by Gasteiger charge is -2.14. The first-order chi connectivity index (χ1) is 7.27. The number of rotatable bonds is 2. The number of hydrogen-bond donors (Lipinski definition) is 0. The molecule has 0 aliphatic rings. The van der Waals surface area contributed by atoms with Gasteiger partial charge in [0.05, 0.1) is 5.56 Å². The van der Waals surface area contributed by atoms with E-state index in [-0.39, 0.29) is 3.70 Å². The smallest absolute Gasteiger partial charge is 0.241 e. The topological polar surface area (TPSA) is 12.9 Å². The highest BCUT2D eigenvalue weighted by Crippen LogP contribution is 2.36. The molecule has 1 nitrogen and oxygen atoms in total. The Morgan fingerprint density at radius 2 is 1.94 bits per heavy atom. The highest BCUT2D eigenvalue weighted by molar-refractivity contribution is 14.1. The fraction of sp³-hybridized carbons (Fsp3) is 0.375. The molecule has 0 fully saturated rings. The Kier molecular flexibility index (Phi) is 4.33. The van der Waals surface area contributed by atoms with E-state index in [1.165, 1.54) is 22.6 Å². The molecule has 8 heteroatoms. The fourth-order valence-electron chi connectivity index (χ4n) is 1.13. The van der Waals surface area contributed by atoms with E-state index in [1.807, 2.05) is 0 Å². The lowest BCUT2D eigenvalue weighted by molar-refractivity contribution is -0.138. The van der Waals surface area contributed by atoms with Gasteiger partial charge in [-0.25, -0.2) is 13.8 Å². The summed E-state index contributed by atoms with van der Waals surface area (Å²) in [6.07, 6.45) is -7.79. The van der Waals surface area contributed by atoms with Gasteiger partial charge in [0.1, 0.15) is 9.39 Å². The van der Waals surface area contributed by atoms with Crippen molar-refractivity contribution in [2.45, 2.75) is 18.5 Å². The van der Waals surface area contributed by atoms with Crippen molar-refractivity contribution >= 4 is 34.2 Å². The van der Waals surface area contributed by atoms with E-state index in [9.17, 15) is 22.0 Å². The Morgan fingerprint density at radius 1 is 1.38 bits per heavy atom. The summed E-state index contributed by atoms with van der Waals surface area (Å²) in [6.45, 7) is 0. The van der Waals surface area contributed by atoms with Crippen LogP contribution < -0.4 is 0 Å². The second-order valence-corrected chi connectivity index (χ2v) is 4.16.